The lowest BCUT2D eigenvalue weighted by Crippen LogP contribution is -2.57. The predicted molar refractivity (Wildman–Crippen MR) is 99.1 cm³/mol. The van der Waals surface area contributed by atoms with Crippen molar-refractivity contribution in [2.75, 3.05) is 19.6 Å². The molecule has 1 N–H and O–H groups in total. The number of Topliss-reactive ketones (excluding diaryl/α,β-unsaturated/α-hetero) is 1. The summed E-state index contributed by atoms with van der Waals surface area (Å²) in [6, 6.07) is 8.88. The van der Waals surface area contributed by atoms with Gasteiger partial charge in [0.05, 0.1) is 4.88 Å². The van der Waals surface area contributed by atoms with Crippen LogP contribution in [0.25, 0.3) is 0 Å². The first-order chi connectivity index (χ1) is 12.6. The molecule has 1 aromatic carbocycles. The molecule has 3 aliphatic rings. The number of hydrogen-bond donors (Lipinski definition) is 1. The fourth-order valence-corrected chi connectivity index (χ4v) is 4.21. The maximum absolute atomic E-state index is 12.5. The summed E-state index contributed by atoms with van der Waals surface area (Å²) in [7, 11) is 0. The Morgan fingerprint density at radius 3 is 2.54 bits per heavy atom. The number of fused-ring (bicyclic) bond motifs is 3. The molecule has 0 spiro atoms. The van der Waals surface area contributed by atoms with Gasteiger partial charge in [0.1, 0.15) is 5.75 Å². The highest BCUT2D eigenvalue weighted by molar-refractivity contribution is 7.08. The van der Waals surface area contributed by atoms with E-state index in [1.807, 2.05) is 0 Å². The smallest absolute Gasteiger partial charge is 0.251 e. The summed E-state index contributed by atoms with van der Waals surface area (Å²) in [6.07, 6.45) is 2.35. The van der Waals surface area contributed by atoms with Crippen LogP contribution in [0.15, 0.2) is 30.3 Å². The number of carbonyl (C=O) groups excluding carboxylic acids is 2. The van der Waals surface area contributed by atoms with E-state index in [4.69, 9.17) is 4.74 Å². The Balaban J connectivity index is 1.37. The van der Waals surface area contributed by atoms with Gasteiger partial charge in [0, 0.05) is 31.1 Å². The lowest BCUT2D eigenvalue weighted by atomic mass is 9.84. The first kappa shape index (κ1) is 17.2. The Kier molecular flexibility index (Phi) is 4.74. The van der Waals surface area contributed by atoms with Crippen molar-refractivity contribution in [2.24, 2.45) is 5.92 Å². The normalized spacial score (nSPS) is 24.3. The topological polar surface area (TPSA) is 71.5 Å². The summed E-state index contributed by atoms with van der Waals surface area (Å²) in [4.78, 5) is 26.8. The molecule has 6 nitrogen and oxygen atoms in total. The third kappa shape index (κ3) is 3.64. The maximum Gasteiger partial charge on any atom is 0.251 e. The second kappa shape index (κ2) is 7.17. The van der Waals surface area contributed by atoms with Gasteiger partial charge >= 0.3 is 0 Å². The average molecular weight is 371 g/mol. The quantitative estimate of drug-likeness (QED) is 0.818. The van der Waals surface area contributed by atoms with Crippen LogP contribution in [0.1, 0.15) is 39.8 Å². The molecule has 1 unspecified atom stereocenters. The van der Waals surface area contributed by atoms with Crippen LogP contribution in [0.4, 0.5) is 0 Å². The van der Waals surface area contributed by atoms with E-state index in [1.54, 1.807) is 30.3 Å². The van der Waals surface area contributed by atoms with Crippen molar-refractivity contribution in [3.63, 3.8) is 0 Å². The molecular formula is C19H21N3O3S. The molecule has 3 fully saturated rings. The zero-order valence-electron chi connectivity index (χ0n) is 14.6. The van der Waals surface area contributed by atoms with Gasteiger partial charge < -0.3 is 15.0 Å². The number of nitrogens with zero attached hydrogens (tertiary/aromatic N) is 2. The number of rotatable bonds is 5. The van der Waals surface area contributed by atoms with Gasteiger partial charge in [-0.3, -0.25) is 9.59 Å². The van der Waals surface area contributed by atoms with Crippen molar-refractivity contribution in [2.45, 2.75) is 25.8 Å². The zero-order valence-corrected chi connectivity index (χ0v) is 15.4. The van der Waals surface area contributed by atoms with Gasteiger partial charge in [-0.1, -0.05) is 0 Å². The summed E-state index contributed by atoms with van der Waals surface area (Å²) >= 11 is 1.12. The molecule has 2 bridgehead atoms. The van der Waals surface area contributed by atoms with E-state index in [9.17, 15) is 9.59 Å². The zero-order chi connectivity index (χ0) is 18.1. The fraction of sp³-hybridized carbons (Fsp3) is 0.421. The number of hydrogen-bond acceptors (Lipinski definition) is 6. The van der Waals surface area contributed by atoms with Gasteiger partial charge in [0.25, 0.3) is 5.91 Å². The third-order valence-corrected chi connectivity index (χ3v) is 6.02. The van der Waals surface area contributed by atoms with Crippen LogP contribution in [0, 0.1) is 5.92 Å². The van der Waals surface area contributed by atoms with Crippen molar-refractivity contribution in [3.8, 4) is 11.6 Å². The van der Waals surface area contributed by atoms with Crippen LogP contribution in [0.3, 0.4) is 0 Å². The van der Waals surface area contributed by atoms with E-state index in [-0.39, 0.29) is 17.7 Å². The minimum absolute atomic E-state index is 0.0305. The number of amides is 1. The third-order valence-electron chi connectivity index (χ3n) is 5.15. The minimum Gasteiger partial charge on any atom is -0.438 e. The van der Waals surface area contributed by atoms with E-state index in [0.717, 1.165) is 31.2 Å². The van der Waals surface area contributed by atoms with Gasteiger partial charge in [0.2, 0.25) is 5.88 Å². The summed E-state index contributed by atoms with van der Waals surface area (Å²) < 4.78 is 9.75. The molecule has 3 aliphatic heterocycles. The van der Waals surface area contributed by atoms with Crippen LogP contribution in [0.5, 0.6) is 11.6 Å². The SMILES string of the molecule is CC(=O)c1cc(Oc2ccc(C(=O)NC3CN4CCC3CC4)cc2)ns1. The minimum atomic E-state index is -0.0391. The lowest BCUT2D eigenvalue weighted by molar-refractivity contribution is 0.0620. The largest absolute Gasteiger partial charge is 0.438 e. The maximum atomic E-state index is 12.5. The molecule has 0 aliphatic carbocycles. The molecule has 4 heterocycles. The van der Waals surface area contributed by atoms with E-state index in [0.29, 0.717) is 28.0 Å². The van der Waals surface area contributed by atoms with Crippen LogP contribution in [-0.2, 0) is 0 Å². The highest BCUT2D eigenvalue weighted by Gasteiger charge is 2.34. The predicted octanol–water partition coefficient (Wildman–Crippen LogP) is 2.96. The first-order valence-electron chi connectivity index (χ1n) is 8.87. The van der Waals surface area contributed by atoms with E-state index < -0.39 is 0 Å². The second-order valence-electron chi connectivity index (χ2n) is 6.93. The van der Waals surface area contributed by atoms with Gasteiger partial charge in [-0.05, 0) is 67.6 Å². The van der Waals surface area contributed by atoms with E-state index >= 15 is 0 Å². The van der Waals surface area contributed by atoms with Crippen molar-refractivity contribution < 1.29 is 14.3 Å². The molecule has 26 heavy (non-hydrogen) atoms. The highest BCUT2D eigenvalue weighted by Crippen LogP contribution is 2.28. The van der Waals surface area contributed by atoms with Crippen LogP contribution in [-0.4, -0.2) is 46.6 Å². The lowest BCUT2D eigenvalue weighted by Gasteiger charge is -2.44. The van der Waals surface area contributed by atoms with Crippen LogP contribution >= 0.6 is 11.5 Å². The number of carbonyl (C=O) groups is 2. The summed E-state index contributed by atoms with van der Waals surface area (Å²) in [5.41, 5.74) is 0.622. The number of aromatic nitrogens is 1. The van der Waals surface area contributed by atoms with Crippen molar-refractivity contribution in [1.29, 1.82) is 0 Å². The van der Waals surface area contributed by atoms with E-state index in [2.05, 4.69) is 14.6 Å². The fourth-order valence-electron chi connectivity index (χ4n) is 3.65. The average Bonchev–Trinajstić information content (AvgIpc) is 3.12. The van der Waals surface area contributed by atoms with E-state index in [1.165, 1.54) is 19.8 Å². The Morgan fingerprint density at radius 2 is 1.96 bits per heavy atom. The Labute approximate surface area is 156 Å². The molecule has 1 amide bonds. The van der Waals surface area contributed by atoms with Crippen LogP contribution < -0.4 is 10.1 Å². The monoisotopic (exact) mass is 371 g/mol. The molecule has 0 saturated carbocycles. The first-order valence-corrected chi connectivity index (χ1v) is 9.64. The summed E-state index contributed by atoms with van der Waals surface area (Å²) in [6.45, 7) is 4.77. The molecule has 7 heteroatoms. The number of ether oxygens (including phenoxy) is 1. The van der Waals surface area contributed by atoms with Gasteiger partial charge in [-0.25, -0.2) is 0 Å². The van der Waals surface area contributed by atoms with Gasteiger partial charge in [-0.15, -0.1) is 0 Å². The second-order valence-corrected chi connectivity index (χ2v) is 7.73. The number of ketones is 1. The van der Waals surface area contributed by atoms with Crippen molar-refractivity contribution in [1.82, 2.24) is 14.6 Å². The van der Waals surface area contributed by atoms with Crippen molar-refractivity contribution >= 4 is 23.2 Å². The molecule has 136 valence electrons. The Morgan fingerprint density at radius 1 is 1.23 bits per heavy atom. The molecule has 1 atom stereocenters. The molecule has 5 rings (SSSR count). The molecular weight excluding hydrogens is 350 g/mol. The Hall–Kier alpha value is -2.25. The number of benzene rings is 1. The molecule has 3 saturated heterocycles. The van der Waals surface area contributed by atoms with Gasteiger partial charge in [0.15, 0.2) is 5.78 Å². The molecule has 0 radical (unpaired) electrons. The standard InChI is InChI=1S/C19H21N3O3S/c1-12(23)17-10-18(21-26-17)25-15-4-2-14(3-5-15)19(24)20-16-11-22-8-6-13(16)7-9-22/h2-5,10,13,16H,6-9,11H2,1H3,(H,20,24). The Bertz CT molecular complexity index is 810. The van der Waals surface area contributed by atoms with Crippen LogP contribution in [0.2, 0.25) is 0 Å². The highest BCUT2D eigenvalue weighted by atomic mass is 32.1. The number of piperidine rings is 3. The summed E-state index contributed by atoms with van der Waals surface area (Å²) in [5.74, 6) is 1.51. The summed E-state index contributed by atoms with van der Waals surface area (Å²) in [5, 5.41) is 3.18. The molecule has 1 aromatic heterocycles. The van der Waals surface area contributed by atoms with Crippen molar-refractivity contribution in [3.05, 3.63) is 40.8 Å². The number of nitrogens with one attached hydrogen (secondary N) is 1. The van der Waals surface area contributed by atoms with Gasteiger partial charge in [-0.2, -0.15) is 4.37 Å². The molecule has 2 aromatic rings.